The zero-order chi connectivity index (χ0) is 27.1. The fourth-order valence-electron chi connectivity index (χ4n) is 4.95. The van der Waals surface area contributed by atoms with Crippen molar-refractivity contribution in [3.8, 4) is 0 Å². The molecule has 3 aromatic carbocycles. The lowest BCUT2D eigenvalue weighted by Gasteiger charge is -2.39. The minimum absolute atomic E-state index is 0.0194. The summed E-state index contributed by atoms with van der Waals surface area (Å²) in [5.41, 5.74) is 4.44. The summed E-state index contributed by atoms with van der Waals surface area (Å²) in [6.45, 7) is 8.99. The number of hydrogen-bond donors (Lipinski definition) is 1. The Labute approximate surface area is 224 Å². The summed E-state index contributed by atoms with van der Waals surface area (Å²) < 4.78 is 32.4. The number of piperazine rings is 1. The molecule has 0 amide bonds. The Morgan fingerprint density at radius 1 is 0.842 bits per heavy atom. The second kappa shape index (κ2) is 13.1. The summed E-state index contributed by atoms with van der Waals surface area (Å²) in [5.74, 6) is -0.258. The topological polar surface area (TPSA) is 44.8 Å². The molecule has 4 rings (SSSR count). The first-order valence-corrected chi connectivity index (χ1v) is 13.2. The minimum Gasteiger partial charge on any atom is -0.383 e. The second-order valence-corrected chi connectivity index (χ2v) is 10.1. The molecular weight excluding hydrogens is 484 g/mol. The highest BCUT2D eigenvalue weighted by Gasteiger charge is 2.27. The van der Waals surface area contributed by atoms with E-state index in [1.165, 1.54) is 24.3 Å². The van der Waals surface area contributed by atoms with Gasteiger partial charge in [0.15, 0.2) is 0 Å². The van der Waals surface area contributed by atoms with Crippen LogP contribution in [0.25, 0.3) is 0 Å². The van der Waals surface area contributed by atoms with E-state index in [9.17, 15) is 13.6 Å². The molecule has 0 unspecified atom stereocenters. The van der Waals surface area contributed by atoms with Crippen LogP contribution in [0.5, 0.6) is 0 Å². The lowest BCUT2D eigenvalue weighted by Crippen LogP contribution is -2.47. The van der Waals surface area contributed by atoms with E-state index in [0.717, 1.165) is 48.4 Å². The van der Waals surface area contributed by atoms with Gasteiger partial charge >= 0.3 is 0 Å². The molecule has 3 aromatic rings. The highest BCUT2D eigenvalue weighted by molar-refractivity contribution is 5.48. The molecule has 0 radical (unpaired) electrons. The maximum atomic E-state index is 13.6. The van der Waals surface area contributed by atoms with Gasteiger partial charge in [0.2, 0.25) is 5.43 Å². The van der Waals surface area contributed by atoms with Crippen LogP contribution in [-0.2, 0) is 11.3 Å². The molecule has 1 N–H and O–H groups in total. The first kappa shape index (κ1) is 27.9. The highest BCUT2D eigenvalue weighted by Crippen LogP contribution is 2.30. The van der Waals surface area contributed by atoms with E-state index in [-0.39, 0.29) is 23.1 Å². The van der Waals surface area contributed by atoms with Crippen LogP contribution in [0.1, 0.15) is 48.1 Å². The van der Waals surface area contributed by atoms with E-state index < -0.39 is 0 Å². The Bertz CT molecular complexity index is 1200. The van der Waals surface area contributed by atoms with Gasteiger partial charge < -0.3 is 10.1 Å². The molecule has 1 aliphatic rings. The van der Waals surface area contributed by atoms with Gasteiger partial charge in [0.05, 0.1) is 18.3 Å². The molecule has 0 aliphatic carbocycles. The van der Waals surface area contributed by atoms with Crippen molar-refractivity contribution in [2.24, 2.45) is 0 Å². The Morgan fingerprint density at radius 2 is 1.39 bits per heavy atom. The van der Waals surface area contributed by atoms with Gasteiger partial charge in [0, 0.05) is 51.9 Å². The molecule has 0 saturated carbocycles. The van der Waals surface area contributed by atoms with Crippen molar-refractivity contribution in [3.63, 3.8) is 0 Å². The molecule has 1 saturated heterocycles. The first-order valence-electron chi connectivity index (χ1n) is 13.2. The Hall–Kier alpha value is -3.13. The van der Waals surface area contributed by atoms with Gasteiger partial charge in [-0.25, -0.2) is 8.78 Å². The van der Waals surface area contributed by atoms with Crippen LogP contribution in [0, 0.1) is 11.6 Å². The molecule has 0 aromatic heterocycles. The van der Waals surface area contributed by atoms with Crippen LogP contribution in [0.3, 0.4) is 0 Å². The fraction of sp³-hybridized carbons (Fsp3) is 0.387. The monoisotopic (exact) mass is 521 g/mol. The van der Waals surface area contributed by atoms with Crippen molar-refractivity contribution < 1.29 is 13.5 Å². The summed E-state index contributed by atoms with van der Waals surface area (Å²) in [5, 5.41) is 3.26. The normalized spacial score (nSPS) is 14.8. The lowest BCUT2D eigenvalue weighted by atomic mass is 9.96. The quantitative estimate of drug-likeness (QED) is 0.361. The molecule has 1 heterocycles. The number of nitrogens with zero attached hydrogens (tertiary/aromatic N) is 2. The zero-order valence-electron chi connectivity index (χ0n) is 22.4. The summed E-state index contributed by atoms with van der Waals surface area (Å²) in [6, 6.07) is 18.9. The van der Waals surface area contributed by atoms with Gasteiger partial charge in [-0.2, -0.15) is 0 Å². The Balaban J connectivity index is 1.51. The predicted molar refractivity (Wildman–Crippen MR) is 149 cm³/mol. The Kier molecular flexibility index (Phi) is 9.61. The average Bonchev–Trinajstić information content (AvgIpc) is 3.06. The molecular formula is C31H37F2N3O2. The van der Waals surface area contributed by atoms with Gasteiger partial charge in [-0.1, -0.05) is 50.2 Å². The van der Waals surface area contributed by atoms with Crippen molar-refractivity contribution in [2.45, 2.75) is 32.4 Å². The van der Waals surface area contributed by atoms with Crippen LogP contribution in [0.15, 0.2) is 71.5 Å². The Morgan fingerprint density at radius 3 is 1.92 bits per heavy atom. The molecule has 38 heavy (non-hydrogen) atoms. The third-order valence-corrected chi connectivity index (χ3v) is 7.15. The first-order chi connectivity index (χ1) is 18.4. The summed E-state index contributed by atoms with van der Waals surface area (Å²) in [4.78, 5) is 18.0. The number of halogens is 2. The van der Waals surface area contributed by atoms with Crippen molar-refractivity contribution in [1.82, 2.24) is 9.80 Å². The molecule has 1 aliphatic heterocycles. The maximum absolute atomic E-state index is 13.6. The highest BCUT2D eigenvalue weighted by atomic mass is 19.1. The second-order valence-electron chi connectivity index (χ2n) is 10.1. The molecule has 0 spiro atoms. The maximum Gasteiger partial charge on any atom is 0.206 e. The standard InChI is InChI=1S/C31H37F2N3O2/c1-22(2)25-4-5-26(31(37)29(20-25)34-14-19-38-3)21-35-15-17-36(18-16-35)30(23-6-10-27(32)11-7-23)24-8-12-28(33)13-9-24/h4-13,20,22,30H,14-19,21H2,1-3H3,(H,34,37). The van der Waals surface area contributed by atoms with Crippen molar-refractivity contribution >= 4 is 5.69 Å². The number of ether oxygens (including phenoxy) is 1. The van der Waals surface area contributed by atoms with Gasteiger partial charge in [0.25, 0.3) is 0 Å². The van der Waals surface area contributed by atoms with Crippen LogP contribution >= 0.6 is 0 Å². The number of nitrogens with one attached hydrogen (secondary N) is 1. The molecule has 5 nitrogen and oxygen atoms in total. The molecule has 0 bridgehead atoms. The molecule has 0 atom stereocenters. The molecule has 7 heteroatoms. The van der Waals surface area contributed by atoms with Crippen molar-refractivity contribution in [2.75, 3.05) is 51.8 Å². The number of hydrogen-bond acceptors (Lipinski definition) is 5. The lowest BCUT2D eigenvalue weighted by molar-refractivity contribution is 0.104. The van der Waals surface area contributed by atoms with Crippen LogP contribution in [0.2, 0.25) is 0 Å². The van der Waals surface area contributed by atoms with Crippen molar-refractivity contribution in [1.29, 1.82) is 0 Å². The van der Waals surface area contributed by atoms with Gasteiger partial charge in [0.1, 0.15) is 11.6 Å². The third-order valence-electron chi connectivity index (χ3n) is 7.15. The van der Waals surface area contributed by atoms with E-state index in [1.54, 1.807) is 31.4 Å². The molecule has 1 fully saturated rings. The number of benzene rings is 2. The van der Waals surface area contributed by atoms with Gasteiger partial charge in [-0.05, 0) is 52.9 Å². The molecule has 202 valence electrons. The average molecular weight is 522 g/mol. The van der Waals surface area contributed by atoms with E-state index >= 15 is 0 Å². The smallest absolute Gasteiger partial charge is 0.206 e. The van der Waals surface area contributed by atoms with E-state index in [0.29, 0.717) is 31.3 Å². The van der Waals surface area contributed by atoms with Crippen molar-refractivity contribution in [3.05, 3.63) is 111 Å². The van der Waals surface area contributed by atoms with E-state index in [1.807, 2.05) is 12.1 Å². The zero-order valence-corrected chi connectivity index (χ0v) is 22.4. The predicted octanol–water partition coefficient (Wildman–Crippen LogP) is 5.41. The largest absolute Gasteiger partial charge is 0.383 e. The summed E-state index contributed by atoms with van der Waals surface area (Å²) >= 11 is 0. The van der Waals surface area contributed by atoms with Crippen LogP contribution < -0.4 is 10.7 Å². The SMILES string of the molecule is COCCNc1cc(C(C)C)ccc(CN2CCN(C(c3ccc(F)cc3)c3ccc(F)cc3)CC2)c1=O. The number of anilines is 1. The van der Waals surface area contributed by atoms with E-state index in [4.69, 9.17) is 4.74 Å². The van der Waals surface area contributed by atoms with Gasteiger partial charge in [-0.15, -0.1) is 0 Å². The number of methoxy groups -OCH3 is 1. The third kappa shape index (κ3) is 7.04. The van der Waals surface area contributed by atoms with E-state index in [2.05, 4.69) is 35.0 Å². The van der Waals surface area contributed by atoms with Gasteiger partial charge in [-0.3, -0.25) is 14.6 Å². The minimum atomic E-state index is -0.280. The van der Waals surface area contributed by atoms with Crippen LogP contribution in [0.4, 0.5) is 14.5 Å². The number of rotatable bonds is 10. The van der Waals surface area contributed by atoms with Crippen LogP contribution in [-0.4, -0.2) is 56.2 Å². The fourth-order valence-corrected chi connectivity index (χ4v) is 4.95. The summed E-state index contributed by atoms with van der Waals surface area (Å²) in [6.07, 6.45) is 0. The summed E-state index contributed by atoms with van der Waals surface area (Å²) in [7, 11) is 1.64.